The van der Waals surface area contributed by atoms with Crippen LogP contribution in [0.4, 0.5) is 0 Å². The monoisotopic (exact) mass is 283 g/mol. The van der Waals surface area contributed by atoms with Gasteiger partial charge < -0.3 is 4.74 Å². The standard InChI is InChI=1S/C17H14ClNO/c1-2-20-17-9-8-16(18)11-14(17)10-15(12-19)13-6-4-3-5-7-13/h3-11H,2H2,1H3/b15-10-. The number of benzene rings is 2. The number of nitrogens with zero attached hydrogens (tertiary/aromatic N) is 1. The Morgan fingerprint density at radius 1 is 1.25 bits per heavy atom. The number of rotatable bonds is 4. The third-order valence-electron chi connectivity index (χ3n) is 2.78. The Hall–Kier alpha value is -2.24. The molecule has 2 aromatic rings. The lowest BCUT2D eigenvalue weighted by atomic mass is 10.0. The molecule has 0 bridgehead atoms. The number of allylic oxidation sites excluding steroid dienone is 1. The number of halogens is 1. The van der Waals surface area contributed by atoms with E-state index in [9.17, 15) is 5.26 Å². The minimum atomic E-state index is 0.565. The molecule has 100 valence electrons. The zero-order valence-corrected chi connectivity index (χ0v) is 11.9. The fourth-order valence-corrected chi connectivity index (χ4v) is 2.05. The molecule has 0 aromatic heterocycles. The molecule has 0 N–H and O–H groups in total. The fourth-order valence-electron chi connectivity index (χ4n) is 1.87. The van der Waals surface area contributed by atoms with Crippen LogP contribution in [0.1, 0.15) is 18.1 Å². The van der Waals surface area contributed by atoms with Crippen molar-refractivity contribution in [3.63, 3.8) is 0 Å². The summed E-state index contributed by atoms with van der Waals surface area (Å²) in [6.07, 6.45) is 1.80. The summed E-state index contributed by atoms with van der Waals surface area (Å²) in [7, 11) is 0. The van der Waals surface area contributed by atoms with Crippen molar-refractivity contribution in [1.29, 1.82) is 5.26 Å². The van der Waals surface area contributed by atoms with E-state index in [0.717, 1.165) is 16.9 Å². The number of ether oxygens (including phenoxy) is 1. The van der Waals surface area contributed by atoms with Gasteiger partial charge in [0, 0.05) is 10.6 Å². The first kappa shape index (κ1) is 14.2. The third-order valence-corrected chi connectivity index (χ3v) is 3.01. The first-order chi connectivity index (χ1) is 9.74. The normalized spacial score (nSPS) is 10.9. The van der Waals surface area contributed by atoms with Crippen LogP contribution in [0.2, 0.25) is 5.02 Å². The van der Waals surface area contributed by atoms with Crippen molar-refractivity contribution in [3.05, 3.63) is 64.7 Å². The Balaban J connectivity index is 2.47. The van der Waals surface area contributed by atoms with Gasteiger partial charge in [0.25, 0.3) is 0 Å². The number of hydrogen-bond donors (Lipinski definition) is 0. The second kappa shape index (κ2) is 6.79. The Kier molecular flexibility index (Phi) is 4.81. The highest BCUT2D eigenvalue weighted by molar-refractivity contribution is 6.30. The smallest absolute Gasteiger partial charge is 0.126 e. The summed E-state index contributed by atoms with van der Waals surface area (Å²) >= 11 is 6.02. The highest BCUT2D eigenvalue weighted by Gasteiger charge is 2.06. The lowest BCUT2D eigenvalue weighted by molar-refractivity contribution is 0.339. The Bertz CT molecular complexity index is 656. The molecule has 0 aliphatic carbocycles. The van der Waals surface area contributed by atoms with Crippen LogP contribution in [0.15, 0.2) is 48.5 Å². The van der Waals surface area contributed by atoms with Crippen molar-refractivity contribution in [3.8, 4) is 11.8 Å². The van der Waals surface area contributed by atoms with E-state index in [-0.39, 0.29) is 0 Å². The highest BCUT2D eigenvalue weighted by atomic mass is 35.5. The fraction of sp³-hybridized carbons (Fsp3) is 0.118. The van der Waals surface area contributed by atoms with Gasteiger partial charge in [-0.25, -0.2) is 0 Å². The summed E-state index contributed by atoms with van der Waals surface area (Å²) in [5.41, 5.74) is 2.26. The van der Waals surface area contributed by atoms with E-state index < -0.39 is 0 Å². The van der Waals surface area contributed by atoms with Gasteiger partial charge in [0.1, 0.15) is 5.75 Å². The van der Waals surface area contributed by atoms with Gasteiger partial charge in [-0.2, -0.15) is 5.26 Å². The van der Waals surface area contributed by atoms with Crippen molar-refractivity contribution in [1.82, 2.24) is 0 Å². The first-order valence-electron chi connectivity index (χ1n) is 6.34. The molecule has 0 amide bonds. The summed E-state index contributed by atoms with van der Waals surface area (Å²) < 4.78 is 5.56. The summed E-state index contributed by atoms with van der Waals surface area (Å²) in [5.74, 6) is 0.723. The molecule has 2 nitrogen and oxygen atoms in total. The first-order valence-corrected chi connectivity index (χ1v) is 6.72. The summed E-state index contributed by atoms with van der Waals surface area (Å²) in [5, 5.41) is 9.95. The Morgan fingerprint density at radius 3 is 2.65 bits per heavy atom. The van der Waals surface area contributed by atoms with Crippen molar-refractivity contribution in [2.45, 2.75) is 6.92 Å². The molecule has 2 aromatic carbocycles. The molecule has 2 rings (SSSR count). The van der Waals surface area contributed by atoms with Crippen LogP contribution in [-0.4, -0.2) is 6.61 Å². The van der Waals surface area contributed by atoms with Crippen LogP contribution in [-0.2, 0) is 0 Å². The minimum Gasteiger partial charge on any atom is -0.493 e. The SMILES string of the molecule is CCOc1ccc(Cl)cc1/C=C(/C#N)c1ccccc1. The highest BCUT2D eigenvalue weighted by Crippen LogP contribution is 2.27. The molecule has 3 heteroatoms. The molecule has 0 atom stereocenters. The van der Waals surface area contributed by atoms with E-state index in [1.54, 1.807) is 18.2 Å². The van der Waals surface area contributed by atoms with Crippen molar-refractivity contribution >= 4 is 23.3 Å². The van der Waals surface area contributed by atoms with Crippen LogP contribution < -0.4 is 4.74 Å². The molecule has 0 saturated heterocycles. The van der Waals surface area contributed by atoms with Crippen LogP contribution in [0.25, 0.3) is 11.6 Å². The maximum Gasteiger partial charge on any atom is 0.126 e. The van der Waals surface area contributed by atoms with Crippen LogP contribution >= 0.6 is 11.6 Å². The molecular weight excluding hydrogens is 270 g/mol. The molecule has 0 saturated carbocycles. The maximum atomic E-state index is 9.34. The topological polar surface area (TPSA) is 33.0 Å². The predicted molar refractivity (Wildman–Crippen MR) is 82.5 cm³/mol. The molecule has 0 unspecified atom stereocenters. The average Bonchev–Trinajstić information content (AvgIpc) is 2.48. The third kappa shape index (κ3) is 3.40. The van der Waals surface area contributed by atoms with Crippen molar-refractivity contribution < 1.29 is 4.74 Å². The van der Waals surface area contributed by atoms with Crippen molar-refractivity contribution in [2.24, 2.45) is 0 Å². The van der Waals surface area contributed by atoms with Crippen LogP contribution in [0.5, 0.6) is 5.75 Å². The lowest BCUT2D eigenvalue weighted by Gasteiger charge is -2.08. The predicted octanol–water partition coefficient (Wildman–Crippen LogP) is 4.80. The maximum absolute atomic E-state index is 9.34. The van der Waals surface area contributed by atoms with Gasteiger partial charge in [0.15, 0.2) is 0 Å². The van der Waals surface area contributed by atoms with Crippen LogP contribution in [0.3, 0.4) is 0 Å². The quantitative estimate of drug-likeness (QED) is 0.596. The van der Waals surface area contributed by atoms with E-state index in [0.29, 0.717) is 17.2 Å². The molecule has 0 fully saturated rings. The summed E-state index contributed by atoms with van der Waals surface area (Å²) in [6.45, 7) is 2.49. The second-order valence-corrected chi connectivity index (χ2v) is 4.59. The minimum absolute atomic E-state index is 0.565. The Morgan fingerprint density at radius 2 is 2.00 bits per heavy atom. The van der Waals surface area contributed by atoms with Gasteiger partial charge in [-0.15, -0.1) is 0 Å². The molecule has 0 heterocycles. The van der Waals surface area contributed by atoms with E-state index >= 15 is 0 Å². The zero-order chi connectivity index (χ0) is 14.4. The second-order valence-electron chi connectivity index (χ2n) is 4.15. The molecular formula is C17H14ClNO. The van der Waals surface area contributed by atoms with Crippen LogP contribution in [0, 0.1) is 11.3 Å². The molecule has 0 spiro atoms. The van der Waals surface area contributed by atoms with E-state index in [1.165, 1.54) is 0 Å². The van der Waals surface area contributed by atoms with E-state index in [4.69, 9.17) is 16.3 Å². The van der Waals surface area contributed by atoms with E-state index in [2.05, 4.69) is 6.07 Å². The Labute approximate surface area is 123 Å². The van der Waals surface area contributed by atoms with Gasteiger partial charge in [0.05, 0.1) is 18.2 Å². The van der Waals surface area contributed by atoms with Gasteiger partial charge in [-0.05, 0) is 36.8 Å². The molecule has 0 aliphatic rings. The van der Waals surface area contributed by atoms with Gasteiger partial charge in [-0.3, -0.25) is 0 Å². The van der Waals surface area contributed by atoms with Gasteiger partial charge >= 0.3 is 0 Å². The number of hydrogen-bond acceptors (Lipinski definition) is 2. The summed E-state index contributed by atoms with van der Waals surface area (Å²) in [6, 6.07) is 17.1. The molecule has 0 radical (unpaired) electrons. The summed E-state index contributed by atoms with van der Waals surface area (Å²) in [4.78, 5) is 0. The van der Waals surface area contributed by atoms with E-state index in [1.807, 2.05) is 43.3 Å². The average molecular weight is 284 g/mol. The molecule has 20 heavy (non-hydrogen) atoms. The van der Waals surface area contributed by atoms with Gasteiger partial charge in [-0.1, -0.05) is 41.9 Å². The largest absolute Gasteiger partial charge is 0.493 e. The molecule has 0 aliphatic heterocycles. The van der Waals surface area contributed by atoms with Gasteiger partial charge in [0.2, 0.25) is 0 Å². The number of nitriles is 1. The van der Waals surface area contributed by atoms with Crippen molar-refractivity contribution in [2.75, 3.05) is 6.61 Å². The lowest BCUT2D eigenvalue weighted by Crippen LogP contribution is -1.94. The zero-order valence-electron chi connectivity index (χ0n) is 11.1.